The van der Waals surface area contributed by atoms with Crippen molar-refractivity contribution in [3.8, 4) is 0 Å². The lowest BCUT2D eigenvalue weighted by atomic mass is 10.7. The molecule has 0 radical (unpaired) electrons. The van der Waals surface area contributed by atoms with Crippen LogP contribution in [0.4, 0.5) is 0 Å². The Morgan fingerprint density at radius 3 is 2.88 bits per heavy atom. The van der Waals surface area contributed by atoms with Crippen LogP contribution >= 0.6 is 11.6 Å². The minimum atomic E-state index is -3.50. The fraction of sp³-hybridized carbons (Fsp3) is 0.625. The number of halogens is 1. The van der Waals surface area contributed by atoms with Gasteiger partial charge in [-0.2, -0.15) is 5.10 Å². The molecule has 0 spiro atoms. The quantitative estimate of drug-likeness (QED) is 0.556. The number of nitrogens with one attached hydrogen (secondary N) is 1. The van der Waals surface area contributed by atoms with Gasteiger partial charge in [0.25, 0.3) is 10.0 Å². The molecule has 0 unspecified atom stereocenters. The molecule has 1 rings (SSSR count). The fourth-order valence-corrected chi connectivity index (χ4v) is 2.35. The molecule has 0 aliphatic heterocycles. The summed E-state index contributed by atoms with van der Waals surface area (Å²) in [5.74, 6) is 0.397. The topological polar surface area (TPSA) is 73.2 Å². The smallest absolute Gasteiger partial charge is 0.257 e. The number of hydrogen-bond donors (Lipinski definition) is 1. The first-order valence-corrected chi connectivity index (χ1v) is 6.71. The molecule has 1 aromatic rings. The summed E-state index contributed by atoms with van der Waals surface area (Å²) in [6.45, 7) is 0.920. The molecule has 0 saturated carbocycles. The monoisotopic (exact) mass is 267 g/mol. The minimum absolute atomic E-state index is 0.129. The van der Waals surface area contributed by atoms with E-state index in [9.17, 15) is 8.42 Å². The summed E-state index contributed by atoms with van der Waals surface area (Å²) in [5, 5.41) is 3.92. The van der Waals surface area contributed by atoms with Crippen LogP contribution in [0.2, 0.25) is 0 Å². The molecule has 16 heavy (non-hydrogen) atoms. The Balaban J connectivity index is 2.45. The Morgan fingerprint density at radius 1 is 1.56 bits per heavy atom. The van der Waals surface area contributed by atoms with Crippen LogP contribution in [0.3, 0.4) is 0 Å². The summed E-state index contributed by atoms with van der Waals surface area (Å²) in [5.41, 5.74) is 0. The predicted molar refractivity (Wildman–Crippen MR) is 59.9 cm³/mol. The summed E-state index contributed by atoms with van der Waals surface area (Å²) in [6, 6.07) is 1.43. The Bertz CT molecular complexity index is 418. The highest BCUT2D eigenvalue weighted by atomic mass is 35.5. The highest BCUT2D eigenvalue weighted by Gasteiger charge is 2.16. The third kappa shape index (κ3) is 3.75. The zero-order valence-corrected chi connectivity index (χ0v) is 10.5. The second kappa shape index (κ2) is 6.19. The number of alkyl halides is 1. The van der Waals surface area contributed by atoms with E-state index in [2.05, 4.69) is 9.82 Å². The van der Waals surface area contributed by atoms with E-state index in [4.69, 9.17) is 16.3 Å². The number of ether oxygens (including phenoxy) is 1. The van der Waals surface area contributed by atoms with E-state index in [1.165, 1.54) is 16.9 Å². The van der Waals surface area contributed by atoms with Crippen molar-refractivity contribution in [2.45, 2.75) is 5.03 Å². The van der Waals surface area contributed by atoms with Crippen LogP contribution in [0.5, 0.6) is 0 Å². The standard InChI is InChI=1S/C8H14ClN3O3S/c1-12-8(2-4-10-12)16(13,14)11-5-7-15-6-3-9/h2,4,11H,3,5-7H2,1H3. The maximum Gasteiger partial charge on any atom is 0.257 e. The summed E-state index contributed by atoms with van der Waals surface area (Å²) in [7, 11) is -1.93. The molecule has 92 valence electrons. The maximum absolute atomic E-state index is 11.7. The number of aryl methyl sites for hydroxylation is 1. The molecule has 1 heterocycles. The summed E-state index contributed by atoms with van der Waals surface area (Å²) >= 11 is 5.40. The molecule has 0 fully saturated rings. The van der Waals surface area contributed by atoms with E-state index in [1.807, 2.05) is 0 Å². The van der Waals surface area contributed by atoms with E-state index >= 15 is 0 Å². The Morgan fingerprint density at radius 2 is 2.31 bits per heavy atom. The molecule has 0 atom stereocenters. The number of sulfonamides is 1. The number of rotatable bonds is 7. The van der Waals surface area contributed by atoms with Crippen molar-refractivity contribution >= 4 is 21.6 Å². The number of hydrogen-bond acceptors (Lipinski definition) is 4. The third-order valence-corrected chi connectivity index (χ3v) is 3.50. The van der Waals surface area contributed by atoms with Crippen molar-refractivity contribution in [2.75, 3.05) is 25.6 Å². The van der Waals surface area contributed by atoms with Gasteiger partial charge < -0.3 is 4.74 Å². The summed E-state index contributed by atoms with van der Waals surface area (Å²) in [6.07, 6.45) is 1.43. The second-order valence-electron chi connectivity index (χ2n) is 2.99. The largest absolute Gasteiger partial charge is 0.379 e. The Hall–Kier alpha value is -0.630. The Labute approximate surface area is 99.6 Å². The van der Waals surface area contributed by atoms with Crippen molar-refractivity contribution in [1.29, 1.82) is 0 Å². The molecule has 0 aromatic carbocycles. The fourth-order valence-electron chi connectivity index (χ4n) is 1.10. The molecule has 0 amide bonds. The molecule has 6 nitrogen and oxygen atoms in total. The first-order valence-electron chi connectivity index (χ1n) is 4.69. The van der Waals surface area contributed by atoms with E-state index in [0.717, 1.165) is 0 Å². The van der Waals surface area contributed by atoms with Gasteiger partial charge in [0, 0.05) is 19.5 Å². The van der Waals surface area contributed by atoms with Gasteiger partial charge in [0.2, 0.25) is 0 Å². The lowest BCUT2D eigenvalue weighted by Crippen LogP contribution is -2.29. The summed E-state index contributed by atoms with van der Waals surface area (Å²) in [4.78, 5) is 0. The van der Waals surface area contributed by atoms with Crippen LogP contribution in [0.1, 0.15) is 0 Å². The molecular formula is C8H14ClN3O3S. The van der Waals surface area contributed by atoms with Gasteiger partial charge in [0.05, 0.1) is 19.4 Å². The molecule has 0 saturated heterocycles. The van der Waals surface area contributed by atoms with Crippen LogP contribution in [0, 0.1) is 0 Å². The lowest BCUT2D eigenvalue weighted by Gasteiger charge is -2.06. The van der Waals surface area contributed by atoms with Gasteiger partial charge in [-0.1, -0.05) is 0 Å². The zero-order chi connectivity index (χ0) is 12.0. The van der Waals surface area contributed by atoms with Crippen LogP contribution < -0.4 is 4.72 Å². The highest BCUT2D eigenvalue weighted by Crippen LogP contribution is 2.04. The predicted octanol–water partition coefficient (Wildman–Crippen LogP) is -0.0462. The normalized spacial score (nSPS) is 11.9. The van der Waals surface area contributed by atoms with Crippen molar-refractivity contribution in [3.63, 3.8) is 0 Å². The van der Waals surface area contributed by atoms with Crippen LogP contribution in [0.25, 0.3) is 0 Å². The molecule has 1 N–H and O–H groups in total. The SMILES string of the molecule is Cn1nccc1S(=O)(=O)NCCOCCCl. The van der Waals surface area contributed by atoms with Gasteiger partial charge in [-0.25, -0.2) is 13.1 Å². The highest BCUT2D eigenvalue weighted by molar-refractivity contribution is 7.89. The van der Waals surface area contributed by atoms with E-state index in [-0.39, 0.29) is 11.6 Å². The molecular weight excluding hydrogens is 254 g/mol. The maximum atomic E-state index is 11.7. The minimum Gasteiger partial charge on any atom is -0.379 e. The first-order chi connectivity index (χ1) is 7.58. The molecule has 0 bridgehead atoms. The van der Waals surface area contributed by atoms with Crippen LogP contribution in [0.15, 0.2) is 17.3 Å². The molecule has 8 heteroatoms. The van der Waals surface area contributed by atoms with E-state index in [1.54, 1.807) is 7.05 Å². The van der Waals surface area contributed by atoms with Crippen LogP contribution in [-0.2, 0) is 21.8 Å². The van der Waals surface area contributed by atoms with Crippen molar-refractivity contribution in [2.24, 2.45) is 7.05 Å². The summed E-state index contributed by atoms with van der Waals surface area (Å²) < 4.78 is 32.1. The number of aromatic nitrogens is 2. The van der Waals surface area contributed by atoms with Gasteiger partial charge >= 0.3 is 0 Å². The average molecular weight is 268 g/mol. The van der Waals surface area contributed by atoms with E-state index in [0.29, 0.717) is 19.1 Å². The molecule has 0 aliphatic rings. The van der Waals surface area contributed by atoms with Crippen molar-refractivity contribution in [3.05, 3.63) is 12.3 Å². The average Bonchev–Trinajstić information content (AvgIpc) is 2.65. The third-order valence-electron chi connectivity index (χ3n) is 1.81. The Kier molecular flexibility index (Phi) is 5.20. The lowest BCUT2D eigenvalue weighted by molar-refractivity contribution is 0.155. The second-order valence-corrected chi connectivity index (χ2v) is 5.08. The van der Waals surface area contributed by atoms with Gasteiger partial charge in [-0.15, -0.1) is 11.6 Å². The van der Waals surface area contributed by atoms with Gasteiger partial charge in [0.15, 0.2) is 5.03 Å². The van der Waals surface area contributed by atoms with Gasteiger partial charge in [0.1, 0.15) is 0 Å². The van der Waals surface area contributed by atoms with Gasteiger partial charge in [-0.3, -0.25) is 4.68 Å². The molecule has 1 aromatic heterocycles. The zero-order valence-electron chi connectivity index (χ0n) is 8.89. The van der Waals surface area contributed by atoms with Crippen LogP contribution in [-0.4, -0.2) is 43.8 Å². The molecule has 0 aliphatic carbocycles. The van der Waals surface area contributed by atoms with Gasteiger partial charge in [-0.05, 0) is 6.07 Å². The van der Waals surface area contributed by atoms with Crippen molar-refractivity contribution < 1.29 is 13.2 Å². The van der Waals surface area contributed by atoms with E-state index < -0.39 is 10.0 Å². The first kappa shape index (κ1) is 13.4. The number of nitrogens with zero attached hydrogens (tertiary/aromatic N) is 2. The van der Waals surface area contributed by atoms with Crippen molar-refractivity contribution in [1.82, 2.24) is 14.5 Å².